The SMILES string of the molecule is O=C(Nc1nnnn1C1CC1)C1CCc2ccccc2C1. The van der Waals surface area contributed by atoms with Crippen molar-refractivity contribution in [1.29, 1.82) is 0 Å². The number of rotatable bonds is 3. The number of aryl methyl sites for hydroxylation is 1. The van der Waals surface area contributed by atoms with E-state index in [2.05, 4.69) is 39.0 Å². The molecule has 1 aromatic heterocycles. The molecule has 2 aliphatic rings. The molecule has 108 valence electrons. The fraction of sp³-hybridized carbons (Fsp3) is 0.467. The largest absolute Gasteiger partial charge is 0.293 e. The number of fused-ring (bicyclic) bond motifs is 1. The number of anilines is 1. The highest BCUT2D eigenvalue weighted by atomic mass is 16.2. The number of nitrogens with one attached hydrogen (secondary N) is 1. The van der Waals surface area contributed by atoms with Gasteiger partial charge >= 0.3 is 0 Å². The third-order valence-electron chi connectivity index (χ3n) is 4.34. The average molecular weight is 283 g/mol. The van der Waals surface area contributed by atoms with Crippen molar-refractivity contribution in [3.8, 4) is 0 Å². The number of tetrazole rings is 1. The van der Waals surface area contributed by atoms with Gasteiger partial charge in [-0.15, -0.1) is 0 Å². The van der Waals surface area contributed by atoms with E-state index in [4.69, 9.17) is 0 Å². The van der Waals surface area contributed by atoms with Crippen LogP contribution in [0.15, 0.2) is 24.3 Å². The van der Waals surface area contributed by atoms with Gasteiger partial charge in [-0.05, 0) is 53.7 Å². The molecule has 1 amide bonds. The first-order valence-corrected chi connectivity index (χ1v) is 7.47. The van der Waals surface area contributed by atoms with Gasteiger partial charge in [0.25, 0.3) is 0 Å². The molecule has 0 spiro atoms. The van der Waals surface area contributed by atoms with Gasteiger partial charge in [-0.2, -0.15) is 0 Å². The zero-order chi connectivity index (χ0) is 14.2. The first-order valence-electron chi connectivity index (χ1n) is 7.47. The fourth-order valence-electron chi connectivity index (χ4n) is 2.97. The van der Waals surface area contributed by atoms with Crippen LogP contribution in [0.25, 0.3) is 0 Å². The minimum absolute atomic E-state index is 0.00394. The van der Waals surface area contributed by atoms with Crippen LogP contribution in [0.2, 0.25) is 0 Å². The van der Waals surface area contributed by atoms with Gasteiger partial charge in [-0.3, -0.25) is 10.1 Å². The molecule has 1 unspecified atom stereocenters. The van der Waals surface area contributed by atoms with Crippen LogP contribution in [-0.4, -0.2) is 26.1 Å². The highest BCUT2D eigenvalue weighted by Crippen LogP contribution is 2.35. The van der Waals surface area contributed by atoms with Crippen molar-refractivity contribution in [1.82, 2.24) is 20.2 Å². The quantitative estimate of drug-likeness (QED) is 0.931. The summed E-state index contributed by atoms with van der Waals surface area (Å²) in [4.78, 5) is 12.5. The second kappa shape index (κ2) is 4.95. The van der Waals surface area contributed by atoms with Gasteiger partial charge in [-0.25, -0.2) is 4.68 Å². The summed E-state index contributed by atoms with van der Waals surface area (Å²) in [6.45, 7) is 0. The molecule has 6 heteroatoms. The van der Waals surface area contributed by atoms with E-state index in [-0.39, 0.29) is 11.8 Å². The maximum absolute atomic E-state index is 12.5. The smallest absolute Gasteiger partial charge is 0.249 e. The number of amides is 1. The third kappa shape index (κ3) is 2.41. The molecule has 4 rings (SSSR count). The number of benzene rings is 1. The van der Waals surface area contributed by atoms with Gasteiger partial charge in [0.1, 0.15) is 0 Å². The molecule has 0 aliphatic heterocycles. The van der Waals surface area contributed by atoms with Gasteiger partial charge in [0.05, 0.1) is 6.04 Å². The van der Waals surface area contributed by atoms with Gasteiger partial charge in [0.15, 0.2) is 0 Å². The van der Waals surface area contributed by atoms with Crippen LogP contribution in [0, 0.1) is 5.92 Å². The van der Waals surface area contributed by atoms with E-state index in [1.54, 1.807) is 4.68 Å². The Morgan fingerprint density at radius 2 is 2.00 bits per heavy atom. The second-order valence-corrected chi connectivity index (χ2v) is 5.88. The van der Waals surface area contributed by atoms with E-state index in [1.165, 1.54) is 11.1 Å². The lowest BCUT2D eigenvalue weighted by Gasteiger charge is -2.23. The van der Waals surface area contributed by atoms with E-state index >= 15 is 0 Å². The van der Waals surface area contributed by atoms with Crippen LogP contribution in [-0.2, 0) is 17.6 Å². The van der Waals surface area contributed by atoms with E-state index in [9.17, 15) is 4.79 Å². The summed E-state index contributed by atoms with van der Waals surface area (Å²) in [7, 11) is 0. The molecule has 2 aromatic rings. The molecule has 1 N–H and O–H groups in total. The van der Waals surface area contributed by atoms with Crippen molar-refractivity contribution in [3.63, 3.8) is 0 Å². The molecule has 1 aromatic carbocycles. The third-order valence-corrected chi connectivity index (χ3v) is 4.34. The van der Waals surface area contributed by atoms with E-state index in [0.717, 1.165) is 32.1 Å². The lowest BCUT2D eigenvalue weighted by Crippen LogP contribution is -2.29. The Kier molecular flexibility index (Phi) is 2.94. The van der Waals surface area contributed by atoms with Crippen molar-refractivity contribution >= 4 is 11.9 Å². The number of nitrogens with zero attached hydrogens (tertiary/aromatic N) is 4. The van der Waals surface area contributed by atoms with Crippen LogP contribution in [0.3, 0.4) is 0 Å². The zero-order valence-corrected chi connectivity index (χ0v) is 11.7. The molecule has 0 bridgehead atoms. The highest BCUT2D eigenvalue weighted by Gasteiger charge is 2.30. The van der Waals surface area contributed by atoms with Crippen molar-refractivity contribution in [2.24, 2.45) is 5.92 Å². The molecule has 0 radical (unpaired) electrons. The molecular formula is C15H17N5O. The van der Waals surface area contributed by atoms with E-state index < -0.39 is 0 Å². The Hall–Kier alpha value is -2.24. The van der Waals surface area contributed by atoms with Crippen LogP contribution < -0.4 is 5.32 Å². The summed E-state index contributed by atoms with van der Waals surface area (Å²) in [5.41, 5.74) is 2.65. The van der Waals surface area contributed by atoms with Gasteiger partial charge in [0, 0.05) is 5.92 Å². The van der Waals surface area contributed by atoms with Crippen LogP contribution in [0.5, 0.6) is 0 Å². The average Bonchev–Trinajstić information content (AvgIpc) is 3.27. The molecule has 1 saturated carbocycles. The standard InChI is InChI=1S/C15H17N5O/c21-14(16-15-17-18-19-20(15)13-7-8-13)12-6-5-10-3-1-2-4-11(10)9-12/h1-4,12-13H,5-9H2,(H,16,17,19,21). The van der Waals surface area contributed by atoms with Crippen LogP contribution >= 0.6 is 0 Å². The number of hydrogen-bond donors (Lipinski definition) is 1. The lowest BCUT2D eigenvalue weighted by molar-refractivity contribution is -0.120. The van der Waals surface area contributed by atoms with Crippen LogP contribution in [0.4, 0.5) is 5.95 Å². The minimum atomic E-state index is 0.00394. The molecular weight excluding hydrogens is 266 g/mol. The highest BCUT2D eigenvalue weighted by molar-refractivity contribution is 5.91. The van der Waals surface area contributed by atoms with Gasteiger partial charge < -0.3 is 0 Å². The first kappa shape index (κ1) is 12.5. The summed E-state index contributed by atoms with van der Waals surface area (Å²) >= 11 is 0. The lowest BCUT2D eigenvalue weighted by atomic mass is 9.83. The monoisotopic (exact) mass is 283 g/mol. The summed E-state index contributed by atoms with van der Waals surface area (Å²) in [5, 5.41) is 14.4. The fourth-order valence-corrected chi connectivity index (χ4v) is 2.97. The summed E-state index contributed by atoms with van der Waals surface area (Å²) in [6, 6.07) is 8.72. The Labute approximate surface area is 122 Å². The summed E-state index contributed by atoms with van der Waals surface area (Å²) in [5.74, 6) is 0.520. The number of aromatic nitrogens is 4. The molecule has 21 heavy (non-hydrogen) atoms. The molecule has 1 atom stereocenters. The van der Waals surface area contributed by atoms with Gasteiger partial charge in [0.2, 0.25) is 11.9 Å². The van der Waals surface area contributed by atoms with Crippen molar-refractivity contribution in [2.75, 3.05) is 5.32 Å². The summed E-state index contributed by atoms with van der Waals surface area (Å²) in [6.07, 6.45) is 4.82. The first-order chi connectivity index (χ1) is 10.3. The minimum Gasteiger partial charge on any atom is -0.293 e. The Morgan fingerprint density at radius 3 is 2.81 bits per heavy atom. The van der Waals surface area contributed by atoms with Crippen LogP contribution in [0.1, 0.15) is 36.4 Å². The summed E-state index contributed by atoms with van der Waals surface area (Å²) < 4.78 is 1.73. The Bertz CT molecular complexity index is 676. The molecule has 6 nitrogen and oxygen atoms in total. The van der Waals surface area contributed by atoms with Crippen molar-refractivity contribution in [3.05, 3.63) is 35.4 Å². The second-order valence-electron chi connectivity index (χ2n) is 5.88. The Balaban J connectivity index is 1.47. The Morgan fingerprint density at radius 1 is 1.19 bits per heavy atom. The maximum atomic E-state index is 12.5. The van der Waals surface area contributed by atoms with Gasteiger partial charge in [-0.1, -0.05) is 29.4 Å². The molecule has 0 saturated heterocycles. The predicted octanol–water partition coefficient (Wildman–Crippen LogP) is 1.75. The molecule has 1 fully saturated rings. The number of carbonyl (C=O) groups is 1. The topological polar surface area (TPSA) is 72.7 Å². The van der Waals surface area contributed by atoms with Crippen molar-refractivity contribution in [2.45, 2.75) is 38.1 Å². The maximum Gasteiger partial charge on any atom is 0.249 e. The number of hydrogen-bond acceptors (Lipinski definition) is 4. The zero-order valence-electron chi connectivity index (χ0n) is 11.7. The number of carbonyl (C=O) groups excluding carboxylic acids is 1. The normalized spacial score (nSPS) is 20.9. The van der Waals surface area contributed by atoms with E-state index in [0.29, 0.717) is 12.0 Å². The predicted molar refractivity (Wildman–Crippen MR) is 76.7 cm³/mol. The molecule has 1 heterocycles. The van der Waals surface area contributed by atoms with E-state index in [1.807, 2.05) is 6.07 Å². The van der Waals surface area contributed by atoms with Crippen molar-refractivity contribution < 1.29 is 4.79 Å². The molecule has 2 aliphatic carbocycles.